The number of fused-ring (bicyclic) bond motifs is 1. The summed E-state index contributed by atoms with van der Waals surface area (Å²) in [5.74, 6) is 2.84. The van der Waals surface area contributed by atoms with Crippen LogP contribution in [0.15, 0.2) is 55.0 Å². The summed E-state index contributed by atoms with van der Waals surface area (Å²) in [4.78, 5) is 9.19. The van der Waals surface area contributed by atoms with E-state index in [1.165, 1.54) is 5.56 Å². The number of anilines is 1. The minimum Gasteiger partial charge on any atom is -0.495 e. The summed E-state index contributed by atoms with van der Waals surface area (Å²) in [6.45, 7) is 2.88. The Morgan fingerprint density at radius 3 is 2.70 bits per heavy atom. The van der Waals surface area contributed by atoms with Gasteiger partial charge >= 0.3 is 0 Å². The first-order chi connectivity index (χ1) is 16.1. The monoisotopic (exact) mass is 440 g/mol. The van der Waals surface area contributed by atoms with Crippen molar-refractivity contribution in [1.82, 2.24) is 24.3 Å². The fourth-order valence-electron chi connectivity index (χ4n) is 4.37. The van der Waals surface area contributed by atoms with Crippen LogP contribution in [0.3, 0.4) is 0 Å². The molecule has 0 bridgehead atoms. The normalized spacial score (nSPS) is 15.5. The molecule has 0 fully saturated rings. The van der Waals surface area contributed by atoms with Gasteiger partial charge in [0.15, 0.2) is 5.82 Å². The van der Waals surface area contributed by atoms with Crippen LogP contribution in [0, 0.1) is 6.92 Å². The molecule has 0 unspecified atom stereocenters. The van der Waals surface area contributed by atoms with Gasteiger partial charge in [-0.3, -0.25) is 0 Å². The van der Waals surface area contributed by atoms with Crippen molar-refractivity contribution >= 4 is 17.8 Å². The molecule has 1 atom stereocenters. The van der Waals surface area contributed by atoms with Crippen molar-refractivity contribution in [2.24, 2.45) is 0 Å². The Balaban J connectivity index is 1.39. The number of aryl methyl sites for hydroxylation is 2. The summed E-state index contributed by atoms with van der Waals surface area (Å²) in [6, 6.07) is 14.7. The number of methoxy groups -OCH3 is 1. The maximum absolute atomic E-state index is 5.63. The minimum absolute atomic E-state index is 0.275. The Kier molecular flexibility index (Phi) is 5.69. The third kappa shape index (κ3) is 4.26. The highest BCUT2D eigenvalue weighted by Crippen LogP contribution is 2.33. The molecule has 0 aliphatic carbocycles. The maximum atomic E-state index is 5.63. The lowest BCUT2D eigenvalue weighted by atomic mass is 9.91. The van der Waals surface area contributed by atoms with Gasteiger partial charge in [0.2, 0.25) is 0 Å². The summed E-state index contributed by atoms with van der Waals surface area (Å²) in [5, 5.41) is 7.93. The number of imidazole rings is 1. The average molecular weight is 441 g/mol. The van der Waals surface area contributed by atoms with E-state index in [0.29, 0.717) is 0 Å². The molecule has 7 nitrogen and oxygen atoms in total. The van der Waals surface area contributed by atoms with Crippen LogP contribution < -0.4 is 10.1 Å². The van der Waals surface area contributed by atoms with E-state index >= 15 is 0 Å². The number of aromatic nitrogens is 5. The van der Waals surface area contributed by atoms with Crippen LogP contribution in [-0.4, -0.2) is 38.5 Å². The van der Waals surface area contributed by atoms with Crippen molar-refractivity contribution < 1.29 is 4.74 Å². The number of rotatable bonds is 6. The van der Waals surface area contributed by atoms with Gasteiger partial charge < -0.3 is 14.6 Å². The van der Waals surface area contributed by atoms with Crippen LogP contribution in [0.4, 0.5) is 5.69 Å². The molecule has 0 spiro atoms. The summed E-state index contributed by atoms with van der Waals surface area (Å²) in [5.41, 5.74) is 5.35. The zero-order chi connectivity index (χ0) is 22.8. The molecule has 1 N–H and O–H groups in total. The van der Waals surface area contributed by atoms with E-state index in [4.69, 9.17) is 14.8 Å². The Morgan fingerprint density at radius 1 is 1.12 bits per heavy atom. The Bertz CT molecular complexity index is 1280. The molecule has 168 valence electrons. The topological polar surface area (TPSA) is 69.8 Å². The smallest absolute Gasteiger partial charge is 0.174 e. The molecule has 0 radical (unpaired) electrons. The van der Waals surface area contributed by atoms with Crippen LogP contribution in [-0.2, 0) is 6.54 Å². The van der Waals surface area contributed by atoms with Gasteiger partial charge in [-0.15, -0.1) is 0 Å². The van der Waals surface area contributed by atoms with Gasteiger partial charge in [0, 0.05) is 31.4 Å². The molecule has 3 heterocycles. The van der Waals surface area contributed by atoms with Gasteiger partial charge in [-0.05, 0) is 61.2 Å². The molecule has 4 aromatic rings. The molecule has 1 aliphatic heterocycles. The summed E-state index contributed by atoms with van der Waals surface area (Å²) >= 11 is 0. The number of nitrogens with one attached hydrogen (secondary N) is 1. The summed E-state index contributed by atoms with van der Waals surface area (Å²) in [7, 11) is 3.62. The van der Waals surface area contributed by atoms with E-state index in [2.05, 4.69) is 45.3 Å². The maximum Gasteiger partial charge on any atom is 0.174 e. The minimum atomic E-state index is 0.275. The van der Waals surface area contributed by atoms with Crippen molar-refractivity contribution in [3.63, 3.8) is 0 Å². The first-order valence-electron chi connectivity index (χ1n) is 11.2. The van der Waals surface area contributed by atoms with Gasteiger partial charge in [0.05, 0.1) is 24.8 Å². The zero-order valence-corrected chi connectivity index (χ0v) is 19.2. The molecule has 33 heavy (non-hydrogen) atoms. The average Bonchev–Trinajstić information content (AvgIpc) is 3.48. The fourth-order valence-corrected chi connectivity index (χ4v) is 4.37. The van der Waals surface area contributed by atoms with Crippen LogP contribution in [0.5, 0.6) is 5.75 Å². The second kappa shape index (κ2) is 8.94. The van der Waals surface area contributed by atoms with Gasteiger partial charge in [-0.1, -0.05) is 24.3 Å². The second-order valence-corrected chi connectivity index (χ2v) is 8.31. The molecular formula is C26H28N6O. The molecule has 5 rings (SSSR count). The molecule has 1 aliphatic rings. The second-order valence-electron chi connectivity index (χ2n) is 8.31. The predicted octanol–water partition coefficient (Wildman–Crippen LogP) is 4.92. The lowest BCUT2D eigenvalue weighted by Crippen LogP contribution is -2.17. The van der Waals surface area contributed by atoms with Crippen molar-refractivity contribution in [2.75, 3.05) is 19.5 Å². The predicted molar refractivity (Wildman–Crippen MR) is 131 cm³/mol. The van der Waals surface area contributed by atoms with Crippen molar-refractivity contribution in [3.8, 4) is 11.4 Å². The Labute approximate surface area is 193 Å². The van der Waals surface area contributed by atoms with Gasteiger partial charge in [-0.25, -0.2) is 14.6 Å². The molecule has 2 aromatic heterocycles. The molecule has 0 amide bonds. The van der Waals surface area contributed by atoms with Crippen LogP contribution in [0.1, 0.15) is 47.2 Å². The lowest BCUT2D eigenvalue weighted by Gasteiger charge is -2.22. The largest absolute Gasteiger partial charge is 0.495 e. The third-order valence-electron chi connectivity index (χ3n) is 6.11. The van der Waals surface area contributed by atoms with Crippen molar-refractivity contribution in [3.05, 3.63) is 83.5 Å². The van der Waals surface area contributed by atoms with E-state index in [0.717, 1.165) is 59.4 Å². The summed E-state index contributed by atoms with van der Waals surface area (Å²) < 4.78 is 9.65. The Morgan fingerprint density at radius 2 is 1.97 bits per heavy atom. The van der Waals surface area contributed by atoms with E-state index < -0.39 is 0 Å². The van der Waals surface area contributed by atoms with E-state index in [-0.39, 0.29) is 5.92 Å². The highest BCUT2D eigenvalue weighted by Gasteiger charge is 2.25. The summed E-state index contributed by atoms with van der Waals surface area (Å²) in [6.07, 6.45) is 9.98. The number of benzene rings is 2. The van der Waals surface area contributed by atoms with Crippen LogP contribution in [0.25, 0.3) is 17.8 Å². The Hall–Kier alpha value is -3.87. The van der Waals surface area contributed by atoms with Crippen LogP contribution in [0.2, 0.25) is 0 Å². The molecular weight excluding hydrogens is 412 g/mol. The number of hydrogen-bond acceptors (Lipinski definition) is 5. The SMILES string of the molecule is CNc1ccc([C@H]2CCCn3nc(/C=C/c4ccc(-n5cnc(C)c5)c(OC)c4)nc32)cc1. The lowest BCUT2D eigenvalue weighted by molar-refractivity contribution is 0.413. The van der Waals surface area contributed by atoms with Crippen molar-refractivity contribution in [2.45, 2.75) is 32.2 Å². The highest BCUT2D eigenvalue weighted by atomic mass is 16.5. The van der Waals surface area contributed by atoms with Gasteiger partial charge in [-0.2, -0.15) is 5.10 Å². The molecule has 7 heteroatoms. The first-order valence-corrected chi connectivity index (χ1v) is 11.2. The number of ether oxygens (including phenoxy) is 1. The third-order valence-corrected chi connectivity index (χ3v) is 6.11. The van der Waals surface area contributed by atoms with Gasteiger partial charge in [0.25, 0.3) is 0 Å². The number of hydrogen-bond donors (Lipinski definition) is 1. The van der Waals surface area contributed by atoms with Gasteiger partial charge in [0.1, 0.15) is 11.6 Å². The van der Waals surface area contributed by atoms with E-state index in [1.54, 1.807) is 13.4 Å². The quantitative estimate of drug-likeness (QED) is 0.461. The van der Waals surface area contributed by atoms with E-state index in [1.807, 2.05) is 49.0 Å². The zero-order valence-electron chi connectivity index (χ0n) is 19.2. The van der Waals surface area contributed by atoms with E-state index in [9.17, 15) is 0 Å². The molecule has 0 saturated heterocycles. The number of nitrogens with zero attached hydrogens (tertiary/aromatic N) is 5. The van der Waals surface area contributed by atoms with Crippen LogP contribution >= 0.6 is 0 Å². The van der Waals surface area contributed by atoms with Crippen molar-refractivity contribution in [1.29, 1.82) is 0 Å². The molecule has 2 aromatic carbocycles. The standard InChI is InChI=1S/C26H28N6O/c1-18-16-31(17-28-18)23-12-6-19(15-24(23)33-3)7-13-25-29-26-22(5-4-14-32(26)30-25)20-8-10-21(27-2)11-9-20/h6-13,15-17,22,27H,4-5,14H2,1-3H3/b13-7+/t22-/m1/s1. The highest BCUT2D eigenvalue weighted by molar-refractivity contribution is 5.69. The first kappa shape index (κ1) is 21.0. The molecule has 0 saturated carbocycles. The fraction of sp³-hybridized carbons (Fsp3) is 0.269.